The second-order valence-electron chi connectivity index (χ2n) is 3.17. The molecule has 0 aliphatic heterocycles. The highest BCUT2D eigenvalue weighted by molar-refractivity contribution is 6.31. The largest absolute Gasteiger partial charge is 0.300 e. The summed E-state index contributed by atoms with van der Waals surface area (Å²) in [6, 6.07) is 5.85. The first kappa shape index (κ1) is 11.1. The minimum Gasteiger partial charge on any atom is -0.300 e. The smallest absolute Gasteiger partial charge is 0.0943 e. The third-order valence-electron chi connectivity index (χ3n) is 2.09. The summed E-state index contributed by atoms with van der Waals surface area (Å²) in [5.74, 6) is 2.71. The Kier molecular flexibility index (Phi) is 4.00. The molecule has 0 aliphatic carbocycles. The van der Waals surface area contributed by atoms with Crippen molar-refractivity contribution in [1.29, 1.82) is 0 Å². The monoisotopic (exact) mass is 207 g/mol. The molecule has 0 aliphatic rings. The van der Waals surface area contributed by atoms with E-state index in [2.05, 4.69) is 11.2 Å². The van der Waals surface area contributed by atoms with Gasteiger partial charge in [0.05, 0.1) is 6.04 Å². The average Bonchev–Trinajstić information content (AvgIpc) is 2.19. The average molecular weight is 208 g/mol. The molecule has 1 aromatic carbocycles. The third kappa shape index (κ3) is 2.51. The molecule has 74 valence electrons. The molecule has 0 amide bonds. The number of rotatable bonds is 3. The van der Waals surface area contributed by atoms with Gasteiger partial charge in [0.2, 0.25) is 0 Å². The Balaban J connectivity index is 2.95. The van der Waals surface area contributed by atoms with Crippen molar-refractivity contribution >= 4 is 11.6 Å². The van der Waals surface area contributed by atoms with Gasteiger partial charge in [-0.1, -0.05) is 36.6 Å². The molecule has 1 rings (SSSR count). The van der Waals surface area contributed by atoms with E-state index in [1.165, 1.54) is 0 Å². The maximum atomic E-state index is 5.93. The van der Waals surface area contributed by atoms with Crippen LogP contribution in [0.2, 0.25) is 5.02 Å². The van der Waals surface area contributed by atoms with Crippen molar-refractivity contribution in [2.24, 2.45) is 0 Å². The van der Waals surface area contributed by atoms with Crippen LogP contribution in [0.15, 0.2) is 18.2 Å². The van der Waals surface area contributed by atoms with Crippen LogP contribution in [0.3, 0.4) is 0 Å². The summed E-state index contributed by atoms with van der Waals surface area (Å²) in [6.45, 7) is 4.87. The van der Waals surface area contributed by atoms with E-state index in [0.717, 1.165) is 22.7 Å². The van der Waals surface area contributed by atoms with E-state index in [1.54, 1.807) is 0 Å². The minimum absolute atomic E-state index is 0.0176. The van der Waals surface area contributed by atoms with Gasteiger partial charge < -0.3 is 5.32 Å². The Morgan fingerprint density at radius 2 is 2.29 bits per heavy atom. The molecular weight excluding hydrogens is 194 g/mol. The van der Waals surface area contributed by atoms with Crippen molar-refractivity contribution in [3.05, 3.63) is 34.3 Å². The third-order valence-corrected chi connectivity index (χ3v) is 2.51. The summed E-state index contributed by atoms with van der Waals surface area (Å²) >= 11 is 5.93. The Labute approximate surface area is 90.5 Å². The van der Waals surface area contributed by atoms with Crippen molar-refractivity contribution in [2.45, 2.75) is 19.9 Å². The van der Waals surface area contributed by atoms with E-state index in [4.69, 9.17) is 18.0 Å². The van der Waals surface area contributed by atoms with Gasteiger partial charge in [-0.05, 0) is 30.7 Å². The summed E-state index contributed by atoms with van der Waals surface area (Å²) in [5, 5.41) is 3.99. The molecule has 14 heavy (non-hydrogen) atoms. The van der Waals surface area contributed by atoms with E-state index in [0.29, 0.717) is 0 Å². The zero-order valence-electron chi connectivity index (χ0n) is 8.47. The van der Waals surface area contributed by atoms with Crippen LogP contribution in [0.4, 0.5) is 0 Å². The molecule has 0 saturated carbocycles. The lowest BCUT2D eigenvalue weighted by Crippen LogP contribution is -2.19. The Hall–Kier alpha value is -0.970. The van der Waals surface area contributed by atoms with Crippen molar-refractivity contribution in [1.82, 2.24) is 5.32 Å². The fourth-order valence-corrected chi connectivity index (χ4v) is 1.44. The van der Waals surface area contributed by atoms with Crippen LogP contribution in [-0.2, 0) is 0 Å². The highest BCUT2D eigenvalue weighted by Crippen LogP contribution is 2.20. The summed E-state index contributed by atoms with van der Waals surface area (Å²) in [4.78, 5) is 0. The Bertz CT molecular complexity index is 352. The molecule has 1 nitrogen and oxygen atoms in total. The van der Waals surface area contributed by atoms with Gasteiger partial charge in [0.15, 0.2) is 0 Å². The first-order valence-electron chi connectivity index (χ1n) is 4.64. The first-order chi connectivity index (χ1) is 6.69. The lowest BCUT2D eigenvalue weighted by atomic mass is 10.1. The van der Waals surface area contributed by atoms with Crippen molar-refractivity contribution in [3.63, 3.8) is 0 Å². The molecule has 0 fully saturated rings. The Morgan fingerprint density at radius 1 is 1.57 bits per heavy atom. The highest BCUT2D eigenvalue weighted by Gasteiger charge is 2.07. The van der Waals surface area contributed by atoms with Crippen LogP contribution in [0.1, 0.15) is 24.1 Å². The molecular formula is C12H14ClN. The zero-order chi connectivity index (χ0) is 10.6. The molecule has 0 aromatic heterocycles. The fourth-order valence-electron chi connectivity index (χ4n) is 1.32. The minimum atomic E-state index is -0.0176. The molecule has 0 heterocycles. The van der Waals surface area contributed by atoms with Crippen LogP contribution < -0.4 is 5.32 Å². The van der Waals surface area contributed by atoms with Crippen LogP contribution in [-0.4, -0.2) is 6.54 Å². The quantitative estimate of drug-likeness (QED) is 0.752. The number of benzene rings is 1. The fraction of sp³-hybridized carbons (Fsp3) is 0.333. The van der Waals surface area contributed by atoms with Gasteiger partial charge in [0.25, 0.3) is 0 Å². The molecule has 1 atom stereocenters. The number of aryl methyl sites for hydroxylation is 1. The number of terminal acetylenes is 1. The van der Waals surface area contributed by atoms with Crippen molar-refractivity contribution in [3.8, 4) is 12.3 Å². The van der Waals surface area contributed by atoms with Gasteiger partial charge in [0, 0.05) is 5.02 Å². The van der Waals surface area contributed by atoms with Gasteiger partial charge in [-0.3, -0.25) is 0 Å². The summed E-state index contributed by atoms with van der Waals surface area (Å²) in [6.07, 6.45) is 5.43. The van der Waals surface area contributed by atoms with Gasteiger partial charge >= 0.3 is 0 Å². The lowest BCUT2D eigenvalue weighted by molar-refractivity contribution is 0.664. The van der Waals surface area contributed by atoms with Crippen LogP contribution in [0, 0.1) is 19.3 Å². The van der Waals surface area contributed by atoms with Crippen molar-refractivity contribution < 1.29 is 0 Å². The highest BCUT2D eigenvalue weighted by atomic mass is 35.5. The van der Waals surface area contributed by atoms with Gasteiger partial charge in [-0.25, -0.2) is 0 Å². The van der Waals surface area contributed by atoms with Crippen molar-refractivity contribution in [2.75, 3.05) is 6.54 Å². The maximum Gasteiger partial charge on any atom is 0.0943 e. The molecule has 1 N–H and O–H groups in total. The number of nitrogens with one attached hydrogen (secondary N) is 1. The molecule has 0 saturated heterocycles. The Morgan fingerprint density at radius 3 is 2.79 bits per heavy atom. The van der Waals surface area contributed by atoms with Gasteiger partial charge in [-0.2, -0.15) is 0 Å². The molecule has 0 radical (unpaired) electrons. The molecule has 1 aromatic rings. The predicted molar refractivity (Wildman–Crippen MR) is 61.4 cm³/mol. The molecule has 0 spiro atoms. The zero-order valence-corrected chi connectivity index (χ0v) is 9.23. The molecule has 0 bridgehead atoms. The summed E-state index contributed by atoms with van der Waals surface area (Å²) in [5.41, 5.74) is 2.15. The van der Waals surface area contributed by atoms with E-state index in [9.17, 15) is 0 Å². The van der Waals surface area contributed by atoms with E-state index >= 15 is 0 Å². The van der Waals surface area contributed by atoms with Gasteiger partial charge in [-0.15, -0.1) is 6.42 Å². The van der Waals surface area contributed by atoms with E-state index in [-0.39, 0.29) is 6.04 Å². The molecule has 2 heteroatoms. The summed E-state index contributed by atoms with van der Waals surface area (Å²) in [7, 11) is 0. The van der Waals surface area contributed by atoms with Crippen LogP contribution >= 0.6 is 11.6 Å². The second-order valence-corrected chi connectivity index (χ2v) is 3.57. The summed E-state index contributed by atoms with van der Waals surface area (Å²) < 4.78 is 0. The van der Waals surface area contributed by atoms with Crippen LogP contribution in [0.5, 0.6) is 0 Å². The SMILES string of the molecule is C#CC(NCC)c1ccc(Cl)c(C)c1. The normalized spacial score (nSPS) is 12.1. The van der Waals surface area contributed by atoms with E-state index in [1.807, 2.05) is 32.0 Å². The first-order valence-corrected chi connectivity index (χ1v) is 5.02. The number of halogens is 1. The standard InChI is InChI=1S/C12H14ClN/c1-4-12(14-5-2)10-6-7-11(13)9(3)8-10/h1,6-8,12,14H,5H2,2-3H3. The lowest BCUT2D eigenvalue weighted by Gasteiger charge is -2.12. The van der Waals surface area contributed by atoms with Gasteiger partial charge in [0.1, 0.15) is 0 Å². The topological polar surface area (TPSA) is 12.0 Å². The number of hydrogen-bond donors (Lipinski definition) is 1. The second kappa shape index (κ2) is 5.05. The maximum absolute atomic E-state index is 5.93. The van der Waals surface area contributed by atoms with E-state index < -0.39 is 0 Å². The van der Waals surface area contributed by atoms with Crippen LogP contribution in [0.25, 0.3) is 0 Å². The predicted octanol–water partition coefficient (Wildman–Crippen LogP) is 2.93. The molecule has 1 unspecified atom stereocenters. The number of hydrogen-bond acceptors (Lipinski definition) is 1.